The highest BCUT2D eigenvalue weighted by Gasteiger charge is 2.50. The number of aromatic nitrogens is 3. The van der Waals surface area contributed by atoms with Crippen LogP contribution >= 0.6 is 11.3 Å². The molecule has 56 heavy (non-hydrogen) atoms. The van der Waals surface area contributed by atoms with Crippen molar-refractivity contribution in [3.05, 3.63) is 34.5 Å². The topological polar surface area (TPSA) is 166 Å². The Morgan fingerprint density at radius 1 is 1.14 bits per heavy atom. The molecule has 0 spiro atoms. The average molecular weight is 793 g/mol. The van der Waals surface area contributed by atoms with E-state index >= 15 is 8.78 Å². The number of nitrogens with zero attached hydrogens (tertiary/aromatic N) is 7. The molecule has 8 heterocycles. The fourth-order valence-corrected chi connectivity index (χ4v) is 10.4. The van der Waals surface area contributed by atoms with Crippen LogP contribution < -0.4 is 15.0 Å². The summed E-state index contributed by atoms with van der Waals surface area (Å²) >= 11 is 0.808. The monoisotopic (exact) mass is 792 g/mol. The summed E-state index contributed by atoms with van der Waals surface area (Å²) in [5.74, 6) is -1.20. The van der Waals surface area contributed by atoms with Crippen LogP contribution in [0.25, 0.3) is 32.2 Å². The highest BCUT2D eigenvalue weighted by atomic mass is 32.1. The Labute approximate surface area is 323 Å². The van der Waals surface area contributed by atoms with Crippen LogP contribution in [-0.4, -0.2) is 104 Å². The summed E-state index contributed by atoms with van der Waals surface area (Å²) in [6.45, 7) is 6.68. The molecule has 1 aromatic carbocycles. The van der Waals surface area contributed by atoms with Crippen molar-refractivity contribution in [2.75, 3.05) is 43.0 Å². The van der Waals surface area contributed by atoms with Gasteiger partial charge in [-0.1, -0.05) is 0 Å². The number of pyridine rings is 1. The van der Waals surface area contributed by atoms with Crippen molar-refractivity contribution in [2.24, 2.45) is 0 Å². The van der Waals surface area contributed by atoms with Gasteiger partial charge in [-0.15, -0.1) is 11.3 Å². The third-order valence-corrected chi connectivity index (χ3v) is 12.7. The molecule has 18 heteroatoms. The second kappa shape index (κ2) is 13.3. The van der Waals surface area contributed by atoms with Gasteiger partial charge in [0.2, 0.25) is 0 Å². The van der Waals surface area contributed by atoms with E-state index in [1.165, 1.54) is 4.90 Å². The number of alkyl halides is 1. The van der Waals surface area contributed by atoms with Gasteiger partial charge < -0.3 is 29.1 Å². The Morgan fingerprint density at radius 2 is 1.89 bits per heavy atom. The van der Waals surface area contributed by atoms with Gasteiger partial charge in [0.15, 0.2) is 11.6 Å². The molecule has 9 rings (SSSR count). The zero-order valence-electron chi connectivity index (χ0n) is 31.0. The molecule has 4 fully saturated rings. The summed E-state index contributed by atoms with van der Waals surface area (Å²) in [5.41, 5.74) is -0.702. The van der Waals surface area contributed by atoms with Crippen molar-refractivity contribution in [1.82, 2.24) is 24.8 Å². The predicted octanol–water partition coefficient (Wildman–Crippen LogP) is 6.72. The van der Waals surface area contributed by atoms with E-state index in [-0.39, 0.29) is 88.4 Å². The number of benzene rings is 1. The van der Waals surface area contributed by atoms with E-state index < -0.39 is 41.1 Å². The molecule has 0 aliphatic carbocycles. The van der Waals surface area contributed by atoms with Gasteiger partial charge in [-0.3, -0.25) is 15.2 Å². The smallest absolute Gasteiger partial charge is 0.412 e. The van der Waals surface area contributed by atoms with Crippen molar-refractivity contribution >= 4 is 55.3 Å². The number of amides is 2. The largest absolute Gasteiger partial charge is 0.465 e. The quantitative estimate of drug-likeness (QED) is 0.212. The minimum Gasteiger partial charge on any atom is -0.465 e. The number of thiophene rings is 1. The Morgan fingerprint density at radius 3 is 2.61 bits per heavy atom. The number of ether oxygens (including phenoxy) is 3. The molecule has 0 saturated carbocycles. The molecule has 4 aromatic rings. The van der Waals surface area contributed by atoms with E-state index in [1.54, 1.807) is 20.8 Å². The minimum atomic E-state index is -1.01. The first-order valence-corrected chi connectivity index (χ1v) is 19.5. The van der Waals surface area contributed by atoms with Crippen molar-refractivity contribution in [1.29, 1.82) is 5.26 Å². The normalized spacial score (nSPS) is 24.5. The zero-order chi connectivity index (χ0) is 39.3. The molecule has 0 radical (unpaired) electrons. The van der Waals surface area contributed by atoms with Crippen LogP contribution in [0.15, 0.2) is 6.20 Å². The molecule has 5 aliphatic rings. The molecule has 3 aromatic heterocycles. The number of hydrogen-bond donors (Lipinski definition) is 2. The lowest BCUT2D eigenvalue weighted by Crippen LogP contribution is -2.55. The Bertz CT molecular complexity index is 2350. The first kappa shape index (κ1) is 36.6. The average Bonchev–Trinajstić information content (AvgIpc) is 3.95. The summed E-state index contributed by atoms with van der Waals surface area (Å²) in [4.78, 5) is 44.3. The van der Waals surface area contributed by atoms with Crippen molar-refractivity contribution < 1.29 is 42.1 Å². The summed E-state index contributed by atoms with van der Waals surface area (Å²) in [6, 6.07) is 1.44. The van der Waals surface area contributed by atoms with E-state index in [4.69, 9.17) is 19.2 Å². The number of halogens is 3. The molecular formula is C38H39F3N8O6S. The van der Waals surface area contributed by atoms with E-state index in [0.29, 0.717) is 48.1 Å². The maximum atomic E-state index is 17.7. The summed E-state index contributed by atoms with van der Waals surface area (Å²) < 4.78 is 65.6. The molecule has 4 atom stereocenters. The van der Waals surface area contributed by atoms with E-state index in [2.05, 4.69) is 31.2 Å². The van der Waals surface area contributed by atoms with Gasteiger partial charge in [0.05, 0.1) is 46.3 Å². The number of nitriles is 1. The number of carbonyl (C=O) groups excluding carboxylic acids is 1. The number of piperazine rings is 1. The van der Waals surface area contributed by atoms with E-state index in [0.717, 1.165) is 36.9 Å². The number of carboxylic acid groups (broad SMARTS) is 1. The van der Waals surface area contributed by atoms with Gasteiger partial charge in [-0.2, -0.15) is 15.2 Å². The number of likely N-dealkylation sites (tertiary alicyclic amines) is 1. The second-order valence-corrected chi connectivity index (χ2v) is 17.3. The highest BCUT2D eigenvalue weighted by molar-refractivity contribution is 7.23. The molecule has 14 nitrogen and oxygen atoms in total. The lowest BCUT2D eigenvalue weighted by Gasteiger charge is -2.41. The van der Waals surface area contributed by atoms with Crippen molar-refractivity contribution in [3.63, 3.8) is 0 Å². The summed E-state index contributed by atoms with van der Waals surface area (Å²) in [5, 5.41) is 23.2. The van der Waals surface area contributed by atoms with Crippen LogP contribution in [0.4, 0.5) is 33.6 Å². The van der Waals surface area contributed by atoms with Crippen LogP contribution in [0.2, 0.25) is 0 Å². The fourth-order valence-electron chi connectivity index (χ4n) is 9.39. The Balaban J connectivity index is 1.22. The van der Waals surface area contributed by atoms with Gasteiger partial charge in [0.1, 0.15) is 40.8 Å². The molecular weight excluding hydrogens is 754 g/mol. The molecule has 4 saturated heterocycles. The summed E-state index contributed by atoms with van der Waals surface area (Å²) in [7, 11) is 0. The van der Waals surface area contributed by atoms with Crippen LogP contribution in [0.3, 0.4) is 0 Å². The molecule has 2 N–H and O–H groups in total. The van der Waals surface area contributed by atoms with Crippen LogP contribution in [-0.2, 0) is 22.7 Å². The van der Waals surface area contributed by atoms with Crippen molar-refractivity contribution in [2.45, 2.75) is 95.5 Å². The third kappa shape index (κ3) is 5.93. The first-order valence-electron chi connectivity index (χ1n) is 18.7. The van der Waals surface area contributed by atoms with E-state index in [9.17, 15) is 24.3 Å². The fraction of sp³-hybridized carbons (Fsp3) is 0.526. The molecule has 294 valence electrons. The number of carbonyl (C=O) groups is 2. The first-order chi connectivity index (χ1) is 26.7. The van der Waals surface area contributed by atoms with Gasteiger partial charge in [-0.25, -0.2) is 22.8 Å². The lowest BCUT2D eigenvalue weighted by molar-refractivity contribution is 0.0636. The van der Waals surface area contributed by atoms with Crippen LogP contribution in [0.5, 0.6) is 6.01 Å². The third-order valence-electron chi connectivity index (χ3n) is 11.6. The van der Waals surface area contributed by atoms with Gasteiger partial charge in [-0.05, 0) is 64.1 Å². The predicted molar refractivity (Wildman–Crippen MR) is 199 cm³/mol. The van der Waals surface area contributed by atoms with Gasteiger partial charge in [0, 0.05) is 49.1 Å². The van der Waals surface area contributed by atoms with Gasteiger partial charge in [0.25, 0.3) is 0 Å². The number of rotatable bonds is 6. The standard InChI is InChI=1S/C38H39F3N8O6S/c1-37(2,3)55-35(50)46-33-21(10-42)26-29(43-11-24(40)31(26)56-33)25-22-15-53-16-23(22)27-30(28(25)41)44-34(54-17-38-7-4-8-48(38)12-18(39)9-38)45-32(27)49-19-5-6-20(49)14-47(13-19)36(51)52/h11,18-20H,4-9,12-17H2,1-3H3,(H,46,50)(H,51,52)/t18-,19?,20?,38+/m1/s1. The second-order valence-electron chi connectivity index (χ2n) is 16.2. The molecule has 2 amide bonds. The summed E-state index contributed by atoms with van der Waals surface area (Å²) in [6.07, 6.45) is 1.40. The SMILES string of the molecule is CC(C)(C)OC(=O)Nc1sc2c(F)cnc(-c3c4c(c5c(N6C7CCC6CN(C(=O)O)C7)nc(OC[C@@]67CCCN6C[C@H](F)C7)nc5c3F)COC4)c2c1C#N. The highest BCUT2D eigenvalue weighted by Crippen LogP contribution is 2.49. The zero-order valence-corrected chi connectivity index (χ0v) is 31.8. The minimum absolute atomic E-state index is 0.00642. The maximum absolute atomic E-state index is 17.7. The van der Waals surface area contributed by atoms with E-state index in [1.807, 2.05) is 0 Å². The number of fused-ring (bicyclic) bond motifs is 7. The molecule has 2 bridgehead atoms. The molecule has 2 unspecified atom stereocenters. The molecule has 5 aliphatic heterocycles. The Hall–Kier alpha value is -4.99. The Kier molecular flexibility index (Phi) is 8.71. The number of hydrogen-bond acceptors (Lipinski definition) is 12. The lowest BCUT2D eigenvalue weighted by atomic mass is 9.93. The van der Waals surface area contributed by atoms with Gasteiger partial charge >= 0.3 is 18.2 Å². The van der Waals surface area contributed by atoms with Crippen LogP contribution in [0.1, 0.15) is 69.6 Å². The number of nitrogens with one attached hydrogen (secondary N) is 1. The van der Waals surface area contributed by atoms with Crippen LogP contribution in [0, 0.1) is 23.0 Å². The number of anilines is 2. The van der Waals surface area contributed by atoms with Crippen molar-refractivity contribution in [3.8, 4) is 23.3 Å². The maximum Gasteiger partial charge on any atom is 0.412 e.